The van der Waals surface area contributed by atoms with Gasteiger partial charge in [0.15, 0.2) is 0 Å². The van der Waals surface area contributed by atoms with Crippen LogP contribution in [-0.2, 0) is 0 Å². The van der Waals surface area contributed by atoms with Gasteiger partial charge in [-0.2, -0.15) is 0 Å². The average molecular weight is 124 g/mol. The van der Waals surface area contributed by atoms with Crippen LogP contribution in [-0.4, -0.2) is 18.3 Å². The Morgan fingerprint density at radius 1 is 1.67 bits per heavy atom. The Hall–Kier alpha value is -0.370. The van der Waals surface area contributed by atoms with Gasteiger partial charge < -0.3 is 5.73 Å². The molecule has 1 aliphatic carbocycles. The molecule has 0 spiro atoms. The zero-order chi connectivity index (χ0) is 6.43. The number of hydrogen-bond donors (Lipinski definition) is 1. The first-order chi connectivity index (χ1) is 4.29. The zero-order valence-electron chi connectivity index (χ0n) is 5.67. The first-order valence-electron chi connectivity index (χ1n) is 3.55. The van der Waals surface area contributed by atoms with Gasteiger partial charge in [0.05, 0.1) is 6.54 Å². The lowest BCUT2D eigenvalue weighted by Gasteiger charge is -2.13. The van der Waals surface area contributed by atoms with Crippen LogP contribution >= 0.6 is 0 Å². The Balaban J connectivity index is 2.17. The smallest absolute Gasteiger partial charge is 0.0543 e. The summed E-state index contributed by atoms with van der Waals surface area (Å²) in [4.78, 5) is 4.33. The van der Waals surface area contributed by atoms with E-state index in [-0.39, 0.29) is 0 Å². The van der Waals surface area contributed by atoms with Crippen LogP contribution in [0, 0.1) is 11.8 Å². The first kappa shape index (κ1) is 5.42. The van der Waals surface area contributed by atoms with Crippen molar-refractivity contribution in [2.45, 2.75) is 19.4 Å². The Kier molecular flexibility index (Phi) is 0.943. The molecule has 1 saturated carbocycles. The number of nitrogens with zero attached hydrogens (tertiary/aromatic N) is 1. The Labute approximate surface area is 55.2 Å². The summed E-state index contributed by atoms with van der Waals surface area (Å²) in [6.07, 6.45) is 1.30. The average Bonchev–Trinajstić information content (AvgIpc) is 2.57. The lowest BCUT2D eigenvalue weighted by atomic mass is 10.1. The van der Waals surface area contributed by atoms with E-state index in [4.69, 9.17) is 5.73 Å². The van der Waals surface area contributed by atoms with Crippen LogP contribution in [0.15, 0.2) is 4.99 Å². The summed E-state index contributed by atoms with van der Waals surface area (Å²) in [5, 5.41) is 0. The summed E-state index contributed by atoms with van der Waals surface area (Å²) >= 11 is 0. The van der Waals surface area contributed by atoms with Crippen molar-refractivity contribution in [1.82, 2.24) is 0 Å². The third-order valence-electron chi connectivity index (χ3n) is 2.48. The maximum atomic E-state index is 5.78. The number of rotatable bonds is 0. The van der Waals surface area contributed by atoms with Crippen LogP contribution < -0.4 is 5.73 Å². The molecule has 0 saturated heterocycles. The van der Waals surface area contributed by atoms with Crippen molar-refractivity contribution in [2.24, 2.45) is 22.6 Å². The molecule has 2 unspecified atom stereocenters. The minimum absolute atomic E-state index is 0.374. The summed E-state index contributed by atoms with van der Waals surface area (Å²) < 4.78 is 0. The van der Waals surface area contributed by atoms with Crippen LogP contribution in [0.25, 0.3) is 0 Å². The van der Waals surface area contributed by atoms with E-state index in [9.17, 15) is 0 Å². The van der Waals surface area contributed by atoms with E-state index < -0.39 is 0 Å². The normalized spacial score (nSPS) is 47.8. The molecule has 9 heavy (non-hydrogen) atoms. The molecule has 0 aromatic carbocycles. The summed E-state index contributed by atoms with van der Waals surface area (Å²) in [6.45, 7) is 2.99. The van der Waals surface area contributed by atoms with Crippen molar-refractivity contribution in [3.05, 3.63) is 0 Å². The highest BCUT2D eigenvalue weighted by atomic mass is 14.9. The SMILES string of the molecule is CC1=NC[C@H](N)C2CC12. The number of hydrogen-bond acceptors (Lipinski definition) is 2. The van der Waals surface area contributed by atoms with Gasteiger partial charge in [-0.15, -0.1) is 0 Å². The van der Waals surface area contributed by atoms with E-state index in [1.54, 1.807) is 0 Å². The van der Waals surface area contributed by atoms with Crippen molar-refractivity contribution in [1.29, 1.82) is 0 Å². The summed E-state index contributed by atoms with van der Waals surface area (Å²) in [5.74, 6) is 1.57. The van der Waals surface area contributed by atoms with Gasteiger partial charge in [-0.25, -0.2) is 0 Å². The molecular formula is C7H12N2. The van der Waals surface area contributed by atoms with Gasteiger partial charge in [0, 0.05) is 17.7 Å². The monoisotopic (exact) mass is 124 g/mol. The molecule has 2 aliphatic rings. The van der Waals surface area contributed by atoms with Gasteiger partial charge in [0.25, 0.3) is 0 Å². The van der Waals surface area contributed by atoms with Crippen molar-refractivity contribution < 1.29 is 0 Å². The van der Waals surface area contributed by atoms with Gasteiger partial charge >= 0.3 is 0 Å². The lowest BCUT2D eigenvalue weighted by molar-refractivity contribution is 0.572. The molecular weight excluding hydrogens is 112 g/mol. The van der Waals surface area contributed by atoms with Crippen LogP contribution in [0.3, 0.4) is 0 Å². The molecule has 0 bridgehead atoms. The largest absolute Gasteiger partial charge is 0.326 e. The van der Waals surface area contributed by atoms with E-state index in [1.807, 2.05) is 0 Å². The molecule has 0 radical (unpaired) electrons. The molecule has 3 atom stereocenters. The van der Waals surface area contributed by atoms with E-state index in [0.717, 1.165) is 18.4 Å². The number of aliphatic imine (C=N–C) groups is 1. The molecule has 2 rings (SSSR count). The molecule has 1 aliphatic heterocycles. The topological polar surface area (TPSA) is 38.4 Å². The van der Waals surface area contributed by atoms with Crippen LogP contribution in [0.2, 0.25) is 0 Å². The van der Waals surface area contributed by atoms with Gasteiger partial charge in [-0.3, -0.25) is 4.99 Å². The standard InChI is InChI=1S/C7H12N2/c1-4-5-2-6(5)7(8)3-9-4/h5-7H,2-3,8H2,1H3/t5?,6?,7-/m0/s1. The second kappa shape index (κ2) is 1.57. The lowest BCUT2D eigenvalue weighted by Crippen LogP contribution is -2.31. The Morgan fingerprint density at radius 3 is 3.11 bits per heavy atom. The molecule has 2 heteroatoms. The summed E-state index contributed by atoms with van der Waals surface area (Å²) in [6, 6.07) is 0.374. The molecule has 0 amide bonds. The maximum absolute atomic E-state index is 5.78. The molecule has 50 valence electrons. The summed E-state index contributed by atoms with van der Waals surface area (Å²) in [5.41, 5.74) is 7.11. The molecule has 0 aromatic heterocycles. The number of nitrogens with two attached hydrogens (primary N) is 1. The Bertz CT molecular complexity index is 162. The highest BCUT2D eigenvalue weighted by molar-refractivity contribution is 5.87. The van der Waals surface area contributed by atoms with Crippen molar-refractivity contribution in [2.75, 3.05) is 6.54 Å². The minimum atomic E-state index is 0.374. The predicted molar refractivity (Wildman–Crippen MR) is 37.5 cm³/mol. The van der Waals surface area contributed by atoms with Gasteiger partial charge in [0.2, 0.25) is 0 Å². The van der Waals surface area contributed by atoms with Crippen LogP contribution in [0.4, 0.5) is 0 Å². The number of fused-ring (bicyclic) bond motifs is 1. The highest BCUT2D eigenvalue weighted by Crippen LogP contribution is 2.43. The minimum Gasteiger partial charge on any atom is -0.326 e. The van der Waals surface area contributed by atoms with Crippen molar-refractivity contribution >= 4 is 5.71 Å². The maximum Gasteiger partial charge on any atom is 0.0543 e. The third-order valence-corrected chi connectivity index (χ3v) is 2.48. The molecule has 1 heterocycles. The van der Waals surface area contributed by atoms with Crippen molar-refractivity contribution in [3.63, 3.8) is 0 Å². The quantitative estimate of drug-likeness (QED) is 0.499. The predicted octanol–water partition coefficient (Wildman–Crippen LogP) is 0.424. The van der Waals surface area contributed by atoms with Gasteiger partial charge in [-0.05, 0) is 19.3 Å². The zero-order valence-corrected chi connectivity index (χ0v) is 5.67. The van der Waals surface area contributed by atoms with Crippen LogP contribution in [0.1, 0.15) is 13.3 Å². The fourth-order valence-corrected chi connectivity index (χ4v) is 1.67. The van der Waals surface area contributed by atoms with E-state index in [1.165, 1.54) is 12.1 Å². The second-order valence-corrected chi connectivity index (χ2v) is 3.15. The Morgan fingerprint density at radius 2 is 2.44 bits per heavy atom. The van der Waals surface area contributed by atoms with Gasteiger partial charge in [0.1, 0.15) is 0 Å². The molecule has 0 aromatic rings. The van der Waals surface area contributed by atoms with E-state index in [2.05, 4.69) is 11.9 Å². The van der Waals surface area contributed by atoms with E-state index >= 15 is 0 Å². The first-order valence-corrected chi connectivity index (χ1v) is 3.55. The van der Waals surface area contributed by atoms with Gasteiger partial charge in [-0.1, -0.05) is 0 Å². The van der Waals surface area contributed by atoms with Crippen LogP contribution in [0.5, 0.6) is 0 Å². The fraction of sp³-hybridized carbons (Fsp3) is 0.857. The van der Waals surface area contributed by atoms with E-state index in [0.29, 0.717) is 6.04 Å². The van der Waals surface area contributed by atoms with Crippen molar-refractivity contribution in [3.8, 4) is 0 Å². The third kappa shape index (κ3) is 0.697. The molecule has 2 nitrogen and oxygen atoms in total. The summed E-state index contributed by atoms with van der Waals surface area (Å²) in [7, 11) is 0. The molecule has 2 N–H and O–H groups in total. The highest BCUT2D eigenvalue weighted by Gasteiger charge is 2.45. The second-order valence-electron chi connectivity index (χ2n) is 3.15. The molecule has 1 fully saturated rings. The fourth-order valence-electron chi connectivity index (χ4n) is 1.67.